The van der Waals surface area contributed by atoms with E-state index in [2.05, 4.69) is 4.98 Å². The number of aromatic nitrogens is 1. The number of pyridine rings is 1. The number of carbonyl (C=O) groups is 2. The van der Waals surface area contributed by atoms with Gasteiger partial charge in [0.15, 0.2) is 0 Å². The zero-order valence-corrected chi connectivity index (χ0v) is 13.2. The zero-order valence-electron chi connectivity index (χ0n) is 13.2. The Hall–Kier alpha value is -1.91. The number of rotatable bonds is 1. The second kappa shape index (κ2) is 5.07. The molecule has 3 rings (SSSR count). The second-order valence-corrected chi connectivity index (χ2v) is 7.11. The number of nitrogens with zero attached hydrogens (tertiary/aromatic N) is 1. The first-order valence-corrected chi connectivity index (χ1v) is 7.71. The molecule has 0 N–H and O–H groups in total. The van der Waals surface area contributed by atoms with Gasteiger partial charge in [0.25, 0.3) is 0 Å². The fourth-order valence-corrected chi connectivity index (χ4v) is 3.30. The van der Waals surface area contributed by atoms with Crippen LogP contribution in [0.4, 0.5) is 0 Å². The predicted octanol–water partition coefficient (Wildman–Crippen LogP) is 2.98. The van der Waals surface area contributed by atoms with E-state index < -0.39 is 11.2 Å². The highest BCUT2D eigenvalue weighted by atomic mass is 16.6. The summed E-state index contributed by atoms with van der Waals surface area (Å²) in [5.41, 5.74) is 0.398. The molecule has 5 nitrogen and oxygen atoms in total. The van der Waals surface area contributed by atoms with Crippen LogP contribution in [0.5, 0.6) is 0 Å². The van der Waals surface area contributed by atoms with Crippen molar-refractivity contribution in [2.24, 2.45) is 5.92 Å². The molecule has 1 aromatic rings. The van der Waals surface area contributed by atoms with Crippen LogP contribution in [0.15, 0.2) is 18.5 Å². The molecule has 1 aliphatic carbocycles. The maximum Gasteiger partial charge on any atom is 0.339 e. The maximum absolute atomic E-state index is 12.2. The van der Waals surface area contributed by atoms with Crippen molar-refractivity contribution in [1.29, 1.82) is 0 Å². The Balaban J connectivity index is 1.73. The normalized spacial score (nSPS) is 27.4. The quantitative estimate of drug-likeness (QED) is 0.746. The molecule has 1 fully saturated rings. The van der Waals surface area contributed by atoms with Gasteiger partial charge in [-0.05, 0) is 52.5 Å². The zero-order chi connectivity index (χ0) is 16.0. The molecule has 2 heterocycles. The van der Waals surface area contributed by atoms with Gasteiger partial charge in [0.05, 0.1) is 11.5 Å². The van der Waals surface area contributed by atoms with Crippen molar-refractivity contribution in [2.75, 3.05) is 0 Å². The van der Waals surface area contributed by atoms with Gasteiger partial charge in [-0.1, -0.05) is 0 Å². The minimum atomic E-state index is -0.598. The minimum Gasteiger partial charge on any atom is -0.460 e. The van der Waals surface area contributed by atoms with Crippen molar-refractivity contribution < 1.29 is 19.1 Å². The molecule has 5 heteroatoms. The van der Waals surface area contributed by atoms with Crippen LogP contribution in [0, 0.1) is 5.92 Å². The first kappa shape index (κ1) is 15.0. The van der Waals surface area contributed by atoms with Crippen LogP contribution in [0.2, 0.25) is 0 Å². The minimum absolute atomic E-state index is 0.121. The number of hydrogen-bond acceptors (Lipinski definition) is 5. The first-order chi connectivity index (χ1) is 10.3. The molecule has 0 radical (unpaired) electrons. The van der Waals surface area contributed by atoms with Crippen LogP contribution >= 0.6 is 0 Å². The summed E-state index contributed by atoms with van der Waals surface area (Å²) in [7, 11) is 0. The van der Waals surface area contributed by atoms with Gasteiger partial charge in [-0.3, -0.25) is 9.78 Å². The van der Waals surface area contributed by atoms with Crippen molar-refractivity contribution >= 4 is 11.9 Å². The molecule has 118 valence electrons. The molecular formula is C17H21NO4. The van der Waals surface area contributed by atoms with E-state index in [1.165, 1.54) is 0 Å². The van der Waals surface area contributed by atoms with Gasteiger partial charge in [0.1, 0.15) is 11.2 Å². The summed E-state index contributed by atoms with van der Waals surface area (Å²) in [5, 5.41) is 0. The molecule has 0 unspecified atom stereocenters. The average molecular weight is 303 g/mol. The summed E-state index contributed by atoms with van der Waals surface area (Å²) in [4.78, 5) is 28.3. The summed E-state index contributed by atoms with van der Waals surface area (Å²) in [6.07, 6.45) is 5.93. The van der Waals surface area contributed by atoms with E-state index >= 15 is 0 Å². The van der Waals surface area contributed by atoms with Gasteiger partial charge >= 0.3 is 11.9 Å². The Labute approximate surface area is 130 Å². The van der Waals surface area contributed by atoms with Crippen LogP contribution in [-0.2, 0) is 19.9 Å². The van der Waals surface area contributed by atoms with Crippen LogP contribution < -0.4 is 0 Å². The molecule has 1 saturated carbocycles. The largest absolute Gasteiger partial charge is 0.460 e. The molecule has 0 saturated heterocycles. The maximum atomic E-state index is 12.2. The van der Waals surface area contributed by atoms with Crippen LogP contribution in [0.3, 0.4) is 0 Å². The van der Waals surface area contributed by atoms with E-state index in [9.17, 15) is 9.59 Å². The number of hydrogen-bond donors (Lipinski definition) is 0. The molecule has 2 aliphatic rings. The van der Waals surface area contributed by atoms with E-state index in [-0.39, 0.29) is 17.9 Å². The average Bonchev–Trinajstić information content (AvgIpc) is 2.71. The lowest BCUT2D eigenvalue weighted by atomic mass is 9.75. The van der Waals surface area contributed by atoms with E-state index in [0.29, 0.717) is 31.2 Å². The highest BCUT2D eigenvalue weighted by Crippen LogP contribution is 2.48. The number of ether oxygens (including phenoxy) is 2. The molecule has 22 heavy (non-hydrogen) atoms. The summed E-state index contributed by atoms with van der Waals surface area (Å²) >= 11 is 0. The van der Waals surface area contributed by atoms with Crippen molar-refractivity contribution in [3.63, 3.8) is 0 Å². The van der Waals surface area contributed by atoms with Gasteiger partial charge < -0.3 is 9.47 Å². The first-order valence-electron chi connectivity index (χ1n) is 7.71. The lowest BCUT2D eigenvalue weighted by Gasteiger charge is -2.36. The van der Waals surface area contributed by atoms with Crippen LogP contribution in [-0.4, -0.2) is 22.5 Å². The summed E-state index contributed by atoms with van der Waals surface area (Å²) in [6, 6.07) is 1.70. The summed E-state index contributed by atoms with van der Waals surface area (Å²) in [5.74, 6) is -0.560. The van der Waals surface area contributed by atoms with Crippen LogP contribution in [0.1, 0.15) is 62.4 Å². The van der Waals surface area contributed by atoms with Crippen molar-refractivity contribution in [3.05, 3.63) is 29.6 Å². The standard InChI is InChI=1S/C17H21NO4/c1-16(2,3)21-14(19)11-4-7-17(8-5-11)13-10-18-9-6-12(13)15(20)22-17/h6,9-11H,4-5,7-8H2,1-3H3. The lowest BCUT2D eigenvalue weighted by Crippen LogP contribution is -2.36. The smallest absolute Gasteiger partial charge is 0.339 e. The van der Waals surface area contributed by atoms with Crippen molar-refractivity contribution in [2.45, 2.75) is 57.7 Å². The molecule has 0 aromatic carbocycles. The molecule has 1 spiro atoms. The molecule has 1 aromatic heterocycles. The van der Waals surface area contributed by atoms with E-state index in [4.69, 9.17) is 9.47 Å². The van der Waals surface area contributed by atoms with E-state index in [1.54, 1.807) is 18.5 Å². The molecule has 0 amide bonds. The summed E-state index contributed by atoms with van der Waals surface area (Å²) in [6.45, 7) is 5.61. The van der Waals surface area contributed by atoms with Crippen molar-refractivity contribution in [3.8, 4) is 0 Å². The molecule has 1 aliphatic heterocycles. The number of carbonyl (C=O) groups excluding carboxylic acids is 2. The Morgan fingerprint density at radius 2 is 2.05 bits per heavy atom. The Morgan fingerprint density at radius 1 is 1.36 bits per heavy atom. The Kier molecular flexibility index (Phi) is 3.46. The highest BCUT2D eigenvalue weighted by Gasteiger charge is 2.49. The van der Waals surface area contributed by atoms with Crippen molar-refractivity contribution in [1.82, 2.24) is 4.98 Å². The lowest BCUT2D eigenvalue weighted by molar-refractivity contribution is -0.163. The van der Waals surface area contributed by atoms with Gasteiger partial charge in [0.2, 0.25) is 0 Å². The van der Waals surface area contributed by atoms with Gasteiger partial charge in [-0.15, -0.1) is 0 Å². The summed E-state index contributed by atoms with van der Waals surface area (Å²) < 4.78 is 11.1. The third-order valence-corrected chi connectivity index (χ3v) is 4.35. The monoisotopic (exact) mass is 303 g/mol. The Bertz CT molecular complexity index is 609. The van der Waals surface area contributed by atoms with Gasteiger partial charge in [-0.2, -0.15) is 0 Å². The third kappa shape index (κ3) is 2.60. The fraction of sp³-hybridized carbons (Fsp3) is 0.588. The SMILES string of the molecule is CC(C)(C)OC(=O)C1CCC2(CC1)OC(=O)c1ccncc12. The number of esters is 2. The molecular weight excluding hydrogens is 282 g/mol. The van der Waals surface area contributed by atoms with Crippen LogP contribution in [0.25, 0.3) is 0 Å². The van der Waals surface area contributed by atoms with E-state index in [1.807, 2.05) is 20.8 Å². The third-order valence-electron chi connectivity index (χ3n) is 4.35. The number of fused-ring (bicyclic) bond motifs is 2. The fourth-order valence-electron chi connectivity index (χ4n) is 3.30. The highest BCUT2D eigenvalue weighted by molar-refractivity contribution is 5.94. The molecule has 0 atom stereocenters. The van der Waals surface area contributed by atoms with E-state index in [0.717, 1.165) is 5.56 Å². The Morgan fingerprint density at radius 3 is 2.68 bits per heavy atom. The molecule has 0 bridgehead atoms. The van der Waals surface area contributed by atoms with Gasteiger partial charge in [-0.25, -0.2) is 4.79 Å². The predicted molar refractivity (Wildman–Crippen MR) is 79.1 cm³/mol. The second-order valence-electron chi connectivity index (χ2n) is 7.11. The van der Waals surface area contributed by atoms with Gasteiger partial charge in [0, 0.05) is 18.0 Å². The topological polar surface area (TPSA) is 65.5 Å².